The van der Waals surface area contributed by atoms with Crippen LogP contribution < -0.4 is 0 Å². The molecule has 1 aliphatic rings. The molecule has 3 aromatic rings. The van der Waals surface area contributed by atoms with Gasteiger partial charge in [0.25, 0.3) is 0 Å². The van der Waals surface area contributed by atoms with E-state index in [4.69, 9.17) is 0 Å². The number of nitrogens with zero attached hydrogens (tertiary/aromatic N) is 3. The molecule has 2 heterocycles. The Bertz CT molecular complexity index is 1010. The van der Waals surface area contributed by atoms with Crippen LogP contribution in [0.2, 0.25) is 0 Å². The summed E-state index contributed by atoms with van der Waals surface area (Å²) in [6.45, 7) is 1.54. The highest BCUT2D eigenvalue weighted by Crippen LogP contribution is 2.29. The van der Waals surface area contributed by atoms with Crippen LogP contribution in [0.3, 0.4) is 0 Å². The summed E-state index contributed by atoms with van der Waals surface area (Å²) >= 11 is 1.53. The van der Waals surface area contributed by atoms with E-state index in [0.29, 0.717) is 19.0 Å². The Labute approximate surface area is 178 Å². The molecule has 0 bridgehead atoms. The van der Waals surface area contributed by atoms with E-state index >= 15 is 0 Å². The number of piperidine rings is 1. The molecule has 156 valence electrons. The lowest BCUT2D eigenvalue weighted by molar-refractivity contribution is -0.133. The highest BCUT2D eigenvalue weighted by Gasteiger charge is 2.24. The Morgan fingerprint density at radius 3 is 2.23 bits per heavy atom. The summed E-state index contributed by atoms with van der Waals surface area (Å²) in [7, 11) is 0. The standard InChI is InChI=1S/C23H23F2N3OS/c1-30-23-14-21(18-4-8-20(25)9-5-18)26-28(23)15-22(29)27-12-10-17(11-13-27)16-2-6-19(24)7-3-16/h2-9,14,17H,10-13,15H2,1H3. The normalized spacial score (nSPS) is 14.8. The van der Waals surface area contributed by atoms with Crippen LogP contribution in [0.5, 0.6) is 0 Å². The summed E-state index contributed by atoms with van der Waals surface area (Å²) in [5, 5.41) is 5.47. The van der Waals surface area contributed by atoms with Crippen molar-refractivity contribution in [1.82, 2.24) is 14.7 Å². The third-order valence-electron chi connectivity index (χ3n) is 5.57. The van der Waals surface area contributed by atoms with Gasteiger partial charge in [-0.2, -0.15) is 5.10 Å². The Kier molecular flexibility index (Phi) is 6.18. The van der Waals surface area contributed by atoms with Gasteiger partial charge in [0.1, 0.15) is 18.2 Å². The number of halogens is 2. The maximum absolute atomic E-state index is 13.2. The summed E-state index contributed by atoms with van der Waals surface area (Å²) in [5.41, 5.74) is 2.67. The minimum absolute atomic E-state index is 0.0385. The average Bonchev–Trinajstić information content (AvgIpc) is 3.17. The highest BCUT2D eigenvalue weighted by molar-refractivity contribution is 7.98. The molecule has 0 atom stereocenters. The van der Waals surface area contributed by atoms with Gasteiger partial charge in [-0.05, 0) is 73.0 Å². The predicted molar refractivity (Wildman–Crippen MR) is 114 cm³/mol. The SMILES string of the molecule is CSc1cc(-c2ccc(F)cc2)nn1CC(=O)N1CCC(c2ccc(F)cc2)CC1. The predicted octanol–water partition coefficient (Wildman–Crippen LogP) is 4.96. The molecular weight excluding hydrogens is 404 g/mol. The molecule has 0 spiro atoms. The topological polar surface area (TPSA) is 38.1 Å². The zero-order valence-electron chi connectivity index (χ0n) is 16.7. The molecule has 1 amide bonds. The van der Waals surface area contributed by atoms with Gasteiger partial charge in [0, 0.05) is 18.7 Å². The Morgan fingerprint density at radius 2 is 1.63 bits per heavy atom. The average molecular weight is 428 g/mol. The zero-order valence-corrected chi connectivity index (χ0v) is 17.5. The molecule has 30 heavy (non-hydrogen) atoms. The number of benzene rings is 2. The lowest BCUT2D eigenvalue weighted by atomic mass is 9.89. The van der Waals surface area contributed by atoms with Crippen LogP contribution in [-0.2, 0) is 11.3 Å². The van der Waals surface area contributed by atoms with Gasteiger partial charge in [-0.15, -0.1) is 11.8 Å². The number of hydrogen-bond acceptors (Lipinski definition) is 3. The molecule has 1 aromatic heterocycles. The summed E-state index contributed by atoms with van der Waals surface area (Å²) < 4.78 is 28.0. The first-order chi connectivity index (χ1) is 14.5. The minimum atomic E-state index is -0.289. The van der Waals surface area contributed by atoms with E-state index in [1.54, 1.807) is 16.8 Å². The maximum atomic E-state index is 13.2. The van der Waals surface area contributed by atoms with Crippen LogP contribution in [0.15, 0.2) is 59.6 Å². The second kappa shape index (κ2) is 9.00. The van der Waals surface area contributed by atoms with Crippen molar-refractivity contribution >= 4 is 17.7 Å². The first-order valence-corrected chi connectivity index (χ1v) is 11.2. The third-order valence-corrected chi connectivity index (χ3v) is 6.31. The minimum Gasteiger partial charge on any atom is -0.341 e. The Hall–Kier alpha value is -2.67. The fourth-order valence-corrected chi connectivity index (χ4v) is 4.41. The lowest BCUT2D eigenvalue weighted by Gasteiger charge is -2.32. The number of carbonyl (C=O) groups excluding carboxylic acids is 1. The number of thioether (sulfide) groups is 1. The largest absolute Gasteiger partial charge is 0.341 e. The monoisotopic (exact) mass is 427 g/mol. The molecule has 2 aromatic carbocycles. The lowest BCUT2D eigenvalue weighted by Crippen LogP contribution is -2.40. The van der Waals surface area contributed by atoms with Crippen molar-refractivity contribution in [2.24, 2.45) is 0 Å². The van der Waals surface area contributed by atoms with Crippen molar-refractivity contribution in [3.05, 3.63) is 71.8 Å². The second-order valence-electron chi connectivity index (χ2n) is 7.44. The summed E-state index contributed by atoms with van der Waals surface area (Å²) in [6.07, 6.45) is 3.68. The number of aromatic nitrogens is 2. The van der Waals surface area contributed by atoms with Gasteiger partial charge in [-0.1, -0.05) is 12.1 Å². The molecule has 1 aliphatic heterocycles. The molecule has 4 rings (SSSR count). The van der Waals surface area contributed by atoms with Gasteiger partial charge in [0.05, 0.1) is 10.7 Å². The van der Waals surface area contributed by atoms with E-state index in [9.17, 15) is 13.6 Å². The zero-order chi connectivity index (χ0) is 21.1. The first kappa shape index (κ1) is 20.6. The summed E-state index contributed by atoms with van der Waals surface area (Å²) in [6, 6.07) is 14.8. The van der Waals surface area contributed by atoms with Crippen molar-refractivity contribution in [1.29, 1.82) is 0 Å². The first-order valence-electron chi connectivity index (χ1n) is 9.94. The highest BCUT2D eigenvalue weighted by atomic mass is 32.2. The van der Waals surface area contributed by atoms with Crippen LogP contribution >= 0.6 is 11.8 Å². The number of amides is 1. The molecule has 1 saturated heterocycles. The van der Waals surface area contributed by atoms with Crippen LogP contribution in [-0.4, -0.2) is 39.9 Å². The molecule has 7 heteroatoms. The van der Waals surface area contributed by atoms with Crippen molar-refractivity contribution < 1.29 is 13.6 Å². The number of carbonyl (C=O) groups is 1. The van der Waals surface area contributed by atoms with Gasteiger partial charge in [-0.25, -0.2) is 13.5 Å². The van der Waals surface area contributed by atoms with E-state index < -0.39 is 0 Å². The van der Waals surface area contributed by atoms with E-state index in [1.165, 1.54) is 36.0 Å². The van der Waals surface area contributed by atoms with Crippen molar-refractivity contribution in [3.63, 3.8) is 0 Å². The molecule has 0 N–H and O–H groups in total. The van der Waals surface area contributed by atoms with Gasteiger partial charge >= 0.3 is 0 Å². The van der Waals surface area contributed by atoms with Crippen LogP contribution in [0.4, 0.5) is 8.78 Å². The van der Waals surface area contributed by atoms with Gasteiger partial charge in [0.2, 0.25) is 5.91 Å². The summed E-state index contributed by atoms with van der Waals surface area (Å²) in [5.74, 6) is -0.125. The number of likely N-dealkylation sites (tertiary alicyclic amines) is 1. The molecule has 0 aliphatic carbocycles. The van der Waals surface area contributed by atoms with E-state index in [0.717, 1.165) is 34.7 Å². The summed E-state index contributed by atoms with van der Waals surface area (Å²) in [4.78, 5) is 14.7. The van der Waals surface area contributed by atoms with E-state index in [-0.39, 0.29) is 24.1 Å². The Balaban J connectivity index is 1.40. The third kappa shape index (κ3) is 4.56. The quantitative estimate of drug-likeness (QED) is 0.541. The fraction of sp³-hybridized carbons (Fsp3) is 0.304. The number of rotatable bonds is 5. The number of hydrogen-bond donors (Lipinski definition) is 0. The molecular formula is C23H23F2N3OS. The van der Waals surface area contributed by atoms with Crippen LogP contribution in [0.25, 0.3) is 11.3 Å². The van der Waals surface area contributed by atoms with E-state index in [2.05, 4.69) is 5.10 Å². The molecule has 0 radical (unpaired) electrons. The van der Waals surface area contributed by atoms with E-state index in [1.807, 2.05) is 29.4 Å². The van der Waals surface area contributed by atoms with Gasteiger partial charge < -0.3 is 4.90 Å². The van der Waals surface area contributed by atoms with Crippen molar-refractivity contribution in [2.75, 3.05) is 19.3 Å². The Morgan fingerprint density at radius 1 is 1.03 bits per heavy atom. The van der Waals surface area contributed by atoms with Crippen molar-refractivity contribution in [3.8, 4) is 11.3 Å². The smallest absolute Gasteiger partial charge is 0.244 e. The van der Waals surface area contributed by atoms with Gasteiger partial charge in [0.15, 0.2) is 0 Å². The molecule has 4 nitrogen and oxygen atoms in total. The molecule has 0 unspecified atom stereocenters. The molecule has 0 saturated carbocycles. The second-order valence-corrected chi connectivity index (χ2v) is 8.27. The van der Waals surface area contributed by atoms with Crippen LogP contribution in [0.1, 0.15) is 24.3 Å². The van der Waals surface area contributed by atoms with Crippen LogP contribution in [0, 0.1) is 11.6 Å². The van der Waals surface area contributed by atoms with Gasteiger partial charge in [-0.3, -0.25) is 4.79 Å². The maximum Gasteiger partial charge on any atom is 0.244 e. The fourth-order valence-electron chi connectivity index (χ4n) is 3.86. The molecule has 1 fully saturated rings. The van der Waals surface area contributed by atoms with Crippen molar-refractivity contribution in [2.45, 2.75) is 30.3 Å².